The number of ether oxygens (including phenoxy) is 2. The van der Waals surface area contributed by atoms with Gasteiger partial charge in [-0.2, -0.15) is 0 Å². The summed E-state index contributed by atoms with van der Waals surface area (Å²) in [7, 11) is 0. The van der Waals surface area contributed by atoms with Gasteiger partial charge in [0.15, 0.2) is 10.7 Å². The van der Waals surface area contributed by atoms with Gasteiger partial charge in [0.1, 0.15) is 23.0 Å². The number of hydrogen-bond donors (Lipinski definition) is 6. The van der Waals surface area contributed by atoms with Gasteiger partial charge in [0.25, 0.3) is 0 Å². The molecule has 2 aliphatic heterocycles. The van der Waals surface area contributed by atoms with E-state index in [4.69, 9.17) is 33.2 Å². The number of benzene rings is 4. The molecule has 0 saturated heterocycles. The minimum atomic E-state index is -1.36. The molecule has 202 valence electrons. The number of rotatable bonds is 5. The highest BCUT2D eigenvalue weighted by atomic mass is 32.1. The fourth-order valence-corrected chi connectivity index (χ4v) is 5.47. The van der Waals surface area contributed by atoms with Crippen LogP contribution in [0, 0.1) is 0 Å². The van der Waals surface area contributed by atoms with E-state index in [-0.39, 0.29) is 22.7 Å². The quantitative estimate of drug-likeness (QED) is 0.156. The van der Waals surface area contributed by atoms with Crippen molar-refractivity contribution in [3.05, 3.63) is 107 Å². The number of fused-ring (bicyclic) bond motifs is 6. The van der Waals surface area contributed by atoms with Crippen LogP contribution in [0.2, 0.25) is 0 Å². The Morgan fingerprint density at radius 2 is 1.55 bits per heavy atom. The van der Waals surface area contributed by atoms with Gasteiger partial charge in [0.2, 0.25) is 0 Å². The van der Waals surface area contributed by atoms with Crippen LogP contribution in [0.5, 0.6) is 23.0 Å². The summed E-state index contributed by atoms with van der Waals surface area (Å²) >= 11 is 5.57. The van der Waals surface area contributed by atoms with Gasteiger partial charge in [-0.25, -0.2) is 4.79 Å². The molecule has 4 aromatic carbocycles. The van der Waals surface area contributed by atoms with Gasteiger partial charge in [0.05, 0.1) is 11.3 Å². The molecule has 4 aromatic rings. The van der Waals surface area contributed by atoms with Crippen molar-refractivity contribution in [1.82, 2.24) is 0 Å². The van der Waals surface area contributed by atoms with Crippen molar-refractivity contribution in [2.75, 3.05) is 17.2 Å². The molecule has 1 unspecified atom stereocenters. The van der Waals surface area contributed by atoms with Crippen LogP contribution in [0.3, 0.4) is 0 Å². The third kappa shape index (κ3) is 4.28. The van der Waals surface area contributed by atoms with E-state index in [1.54, 1.807) is 24.3 Å². The van der Waals surface area contributed by atoms with Crippen molar-refractivity contribution in [1.29, 1.82) is 0 Å². The molecule has 0 amide bonds. The summed E-state index contributed by atoms with van der Waals surface area (Å²) in [5, 5.41) is 26.8. The Morgan fingerprint density at radius 3 is 2.17 bits per heavy atom. The lowest BCUT2D eigenvalue weighted by molar-refractivity contribution is 0.0224. The van der Waals surface area contributed by atoms with Gasteiger partial charge in [-0.3, -0.25) is 0 Å². The molecular weight excluding hydrogens is 528 g/mol. The summed E-state index contributed by atoms with van der Waals surface area (Å²) in [5.74, 6) is 0.0464. The van der Waals surface area contributed by atoms with Crippen LogP contribution in [0.15, 0.2) is 78.9 Å². The molecule has 0 radical (unpaired) electrons. The largest absolute Gasteiger partial charge is 0.508 e. The zero-order valence-electron chi connectivity index (χ0n) is 21.2. The van der Waals surface area contributed by atoms with Crippen molar-refractivity contribution in [2.45, 2.75) is 18.1 Å². The van der Waals surface area contributed by atoms with E-state index in [1.165, 1.54) is 24.3 Å². The fraction of sp³-hybridized carbons (Fsp3) is 0.133. The molecule has 8 N–H and O–H groups in total. The molecule has 0 aliphatic carbocycles. The molecule has 2 heterocycles. The summed E-state index contributed by atoms with van der Waals surface area (Å²) in [5.41, 5.74) is 14.5. The monoisotopic (exact) mass is 554 g/mol. The Bertz CT molecular complexity index is 1610. The van der Waals surface area contributed by atoms with Gasteiger partial charge in [-0.15, -0.1) is 0 Å². The second-order valence-corrected chi connectivity index (χ2v) is 10.1. The molecule has 40 heavy (non-hydrogen) atoms. The van der Waals surface area contributed by atoms with E-state index in [0.29, 0.717) is 52.4 Å². The van der Waals surface area contributed by atoms with E-state index < -0.39 is 11.6 Å². The number of thiocarbonyl (C=S) groups is 1. The Hall–Kier alpha value is -4.64. The van der Waals surface area contributed by atoms with Crippen LogP contribution in [0.1, 0.15) is 32.6 Å². The summed E-state index contributed by atoms with van der Waals surface area (Å²) in [6, 6.07) is 22.2. The summed E-state index contributed by atoms with van der Waals surface area (Å²) in [6.45, 7) is 0.411. The number of esters is 1. The van der Waals surface area contributed by atoms with Gasteiger partial charge < -0.3 is 41.8 Å². The average molecular weight is 555 g/mol. The average Bonchev–Trinajstić information content (AvgIpc) is 3.22. The predicted octanol–water partition coefficient (Wildman–Crippen LogP) is 4.30. The molecule has 1 atom stereocenters. The van der Waals surface area contributed by atoms with Crippen molar-refractivity contribution in [3.8, 4) is 23.0 Å². The Morgan fingerprint density at radius 1 is 0.900 bits per heavy atom. The molecule has 9 nitrogen and oxygen atoms in total. The smallest absolute Gasteiger partial charge is 0.342 e. The van der Waals surface area contributed by atoms with Gasteiger partial charge in [-0.05, 0) is 66.7 Å². The van der Waals surface area contributed by atoms with Crippen molar-refractivity contribution in [3.63, 3.8) is 0 Å². The Balaban J connectivity index is 1.35. The number of phenols is 2. The van der Waals surface area contributed by atoms with Crippen molar-refractivity contribution >= 4 is 34.7 Å². The summed E-state index contributed by atoms with van der Waals surface area (Å²) in [4.78, 5) is 13.5. The lowest BCUT2D eigenvalue weighted by Crippen LogP contribution is -2.32. The minimum absolute atomic E-state index is 0.0100. The zero-order chi connectivity index (χ0) is 28.0. The number of nitrogens with one attached hydrogen (secondary N) is 2. The number of anilines is 2. The first-order valence-electron chi connectivity index (χ1n) is 12.6. The van der Waals surface area contributed by atoms with Gasteiger partial charge in [0, 0.05) is 47.1 Å². The van der Waals surface area contributed by atoms with Gasteiger partial charge in [-0.1, -0.05) is 24.3 Å². The molecule has 0 saturated carbocycles. The third-order valence-corrected chi connectivity index (χ3v) is 7.27. The van der Waals surface area contributed by atoms with Crippen LogP contribution >= 0.6 is 12.2 Å². The van der Waals surface area contributed by atoms with Crippen LogP contribution in [-0.2, 0) is 16.8 Å². The highest BCUT2D eigenvalue weighted by Gasteiger charge is 2.54. The van der Waals surface area contributed by atoms with Crippen LogP contribution in [0.25, 0.3) is 0 Å². The van der Waals surface area contributed by atoms with Crippen LogP contribution < -0.4 is 26.8 Å². The number of carbonyl (C=O) groups excluding carboxylic acids is 1. The van der Waals surface area contributed by atoms with E-state index >= 15 is 0 Å². The first kappa shape index (κ1) is 25.6. The summed E-state index contributed by atoms with van der Waals surface area (Å²) in [6.07, 6.45) is 0.677. The predicted molar refractivity (Wildman–Crippen MR) is 155 cm³/mol. The normalized spacial score (nSPS) is 14.8. The highest BCUT2D eigenvalue weighted by molar-refractivity contribution is 7.80. The first-order valence-corrected chi connectivity index (χ1v) is 13.0. The third-order valence-electron chi connectivity index (χ3n) is 7.06. The fourth-order valence-electron chi connectivity index (χ4n) is 5.25. The second-order valence-electron chi connectivity index (χ2n) is 9.74. The zero-order valence-corrected chi connectivity index (χ0v) is 22.0. The number of nitrogens with two attached hydrogens (primary N) is 2. The number of carbonyl (C=O) groups is 1. The Kier molecular flexibility index (Phi) is 6.30. The minimum Gasteiger partial charge on any atom is -0.508 e. The summed E-state index contributed by atoms with van der Waals surface area (Å²) < 4.78 is 12.2. The highest BCUT2D eigenvalue weighted by Crippen LogP contribution is 2.57. The lowest BCUT2D eigenvalue weighted by Gasteiger charge is -2.36. The number of aromatic hydroxyl groups is 2. The SMILES string of the molecule is NCC(N)Cc1ccc(NC(=S)Nc2cccc3c2C(=O)OC32c3ccc(O)cc3Oc3cc(O)ccc32)cc1. The molecule has 0 fully saturated rings. The first-order chi connectivity index (χ1) is 19.3. The lowest BCUT2D eigenvalue weighted by atomic mass is 9.77. The van der Waals surface area contributed by atoms with Crippen LogP contribution in [-0.4, -0.2) is 33.9 Å². The standard InChI is InChI=1S/C30H26N4O5S/c31-15-17(32)12-16-4-6-18(7-5-16)33-29(40)34-24-3-1-2-23-27(24)28(37)39-30(23)21-10-8-19(35)13-25(21)38-26-14-20(36)9-11-22(26)30/h1-11,13-14,17,35-36H,12,15,31-32H2,(H2,33,34,40). The molecule has 6 rings (SSSR count). The van der Waals surface area contributed by atoms with E-state index in [2.05, 4.69) is 10.6 Å². The Labute approximate surface area is 235 Å². The van der Waals surface area contributed by atoms with E-state index in [0.717, 1.165) is 11.3 Å². The molecule has 1 spiro atoms. The van der Waals surface area contributed by atoms with Crippen molar-refractivity contribution in [2.24, 2.45) is 11.5 Å². The molecule has 10 heteroatoms. The maximum Gasteiger partial charge on any atom is 0.342 e. The molecule has 2 aliphatic rings. The molecule has 0 aromatic heterocycles. The topological polar surface area (TPSA) is 152 Å². The number of hydrogen-bond acceptors (Lipinski definition) is 8. The number of phenolic OH excluding ortho intramolecular Hbond substituents is 2. The van der Waals surface area contributed by atoms with E-state index in [1.807, 2.05) is 30.3 Å². The van der Waals surface area contributed by atoms with Gasteiger partial charge >= 0.3 is 5.97 Å². The second kappa shape index (κ2) is 9.83. The molecule has 0 bridgehead atoms. The maximum atomic E-state index is 13.5. The maximum absolute atomic E-state index is 13.5. The van der Waals surface area contributed by atoms with Crippen molar-refractivity contribution < 1.29 is 24.5 Å². The van der Waals surface area contributed by atoms with E-state index in [9.17, 15) is 15.0 Å². The molecular formula is C30H26N4O5S. The van der Waals surface area contributed by atoms with Crippen LogP contribution in [0.4, 0.5) is 11.4 Å².